The van der Waals surface area contributed by atoms with Gasteiger partial charge in [-0.3, -0.25) is 9.69 Å². The number of benzene rings is 2. The molecular weight excluding hydrogens is 424 g/mol. The highest BCUT2D eigenvalue weighted by atomic mass is 32.1. The Hall–Kier alpha value is -3.42. The Kier molecular flexibility index (Phi) is 5.51. The van der Waals surface area contributed by atoms with E-state index >= 15 is 0 Å². The second kappa shape index (κ2) is 8.61. The van der Waals surface area contributed by atoms with Gasteiger partial charge in [-0.2, -0.15) is 0 Å². The smallest absolute Gasteiger partial charge is 0.341 e. The number of amides is 1. The largest absolute Gasteiger partial charge is 0.465 e. The van der Waals surface area contributed by atoms with E-state index in [2.05, 4.69) is 22.3 Å². The number of rotatable bonds is 5. The van der Waals surface area contributed by atoms with Crippen molar-refractivity contribution >= 4 is 39.2 Å². The number of carbonyl (C=O) groups excluding carboxylic acids is 2. The topological polar surface area (TPSA) is 71.8 Å². The third kappa shape index (κ3) is 3.92. The highest BCUT2D eigenvalue weighted by molar-refractivity contribution is 7.17. The van der Waals surface area contributed by atoms with Gasteiger partial charge in [0.2, 0.25) is 0 Å². The van der Waals surface area contributed by atoms with Crippen LogP contribution in [-0.4, -0.2) is 30.4 Å². The van der Waals surface area contributed by atoms with E-state index in [1.165, 1.54) is 24.0 Å². The summed E-state index contributed by atoms with van der Waals surface area (Å²) in [5.74, 6) is -0.607. The van der Waals surface area contributed by atoms with Crippen LogP contribution in [0.15, 0.2) is 65.1 Å². The minimum absolute atomic E-state index is 0.207. The molecule has 0 atom stereocenters. The lowest BCUT2D eigenvalue weighted by Gasteiger charge is -2.27. The Bertz CT molecular complexity index is 1260. The molecule has 1 aliphatic rings. The number of nitrogens with zero attached hydrogens (tertiary/aromatic N) is 1. The first-order valence-corrected chi connectivity index (χ1v) is 11.2. The van der Waals surface area contributed by atoms with Crippen molar-refractivity contribution < 1.29 is 18.7 Å². The fraction of sp³-hybridized carbons (Fsp3) is 0.200. The molecule has 0 saturated heterocycles. The number of nitrogens with one attached hydrogen (secondary N) is 1. The van der Waals surface area contributed by atoms with E-state index in [4.69, 9.17) is 9.15 Å². The van der Waals surface area contributed by atoms with Crippen LogP contribution in [0.4, 0.5) is 5.00 Å². The van der Waals surface area contributed by atoms with Crippen molar-refractivity contribution in [3.8, 4) is 0 Å². The van der Waals surface area contributed by atoms with Gasteiger partial charge in [-0.05, 0) is 29.7 Å². The van der Waals surface area contributed by atoms with Crippen LogP contribution in [-0.2, 0) is 24.2 Å². The lowest BCUT2D eigenvalue weighted by molar-refractivity contribution is 0.0600. The Morgan fingerprint density at radius 3 is 2.69 bits per heavy atom. The molecule has 0 radical (unpaired) electrons. The van der Waals surface area contributed by atoms with Gasteiger partial charge in [-0.1, -0.05) is 48.5 Å². The Balaban J connectivity index is 1.41. The number of esters is 1. The molecule has 32 heavy (non-hydrogen) atoms. The lowest BCUT2D eigenvalue weighted by Crippen LogP contribution is -2.29. The van der Waals surface area contributed by atoms with E-state index in [9.17, 15) is 9.59 Å². The van der Waals surface area contributed by atoms with Crippen LogP contribution in [0.2, 0.25) is 0 Å². The first-order valence-electron chi connectivity index (χ1n) is 10.4. The van der Waals surface area contributed by atoms with Gasteiger partial charge in [0.05, 0.1) is 12.7 Å². The number of hydrogen-bond acceptors (Lipinski definition) is 6. The average Bonchev–Trinajstić information content (AvgIpc) is 3.40. The summed E-state index contributed by atoms with van der Waals surface area (Å²) in [6.07, 6.45) is 0.726. The SMILES string of the molecule is COC(=O)c1c(NC(=O)c2cc3ccccc3o2)sc2c1CCN(Cc1ccccc1)C2. The Morgan fingerprint density at radius 1 is 1.12 bits per heavy atom. The van der Waals surface area contributed by atoms with E-state index in [-0.39, 0.29) is 11.7 Å². The molecule has 3 heterocycles. The van der Waals surface area contributed by atoms with Crippen molar-refractivity contribution in [1.29, 1.82) is 0 Å². The van der Waals surface area contributed by atoms with Crippen LogP contribution < -0.4 is 5.32 Å². The molecule has 0 spiro atoms. The van der Waals surface area contributed by atoms with Gasteiger partial charge in [-0.25, -0.2) is 4.79 Å². The summed E-state index contributed by atoms with van der Waals surface area (Å²) in [5, 5.41) is 4.25. The minimum atomic E-state index is -0.432. The van der Waals surface area contributed by atoms with E-state index in [0.717, 1.165) is 41.9 Å². The number of carbonyl (C=O) groups is 2. The summed E-state index contributed by atoms with van der Waals surface area (Å²) in [7, 11) is 1.36. The first kappa shape index (κ1) is 20.5. The number of fused-ring (bicyclic) bond motifs is 2. The van der Waals surface area contributed by atoms with Crippen LogP contribution in [0, 0.1) is 0 Å². The van der Waals surface area contributed by atoms with E-state index in [0.29, 0.717) is 16.1 Å². The Labute approximate surface area is 189 Å². The molecule has 2 aromatic carbocycles. The average molecular weight is 447 g/mol. The van der Waals surface area contributed by atoms with Gasteiger partial charge in [0.1, 0.15) is 10.6 Å². The van der Waals surface area contributed by atoms with Crippen LogP contribution in [0.1, 0.15) is 36.9 Å². The van der Waals surface area contributed by atoms with E-state index < -0.39 is 5.97 Å². The summed E-state index contributed by atoms with van der Waals surface area (Å²) < 4.78 is 10.7. The van der Waals surface area contributed by atoms with Crippen molar-refractivity contribution in [2.75, 3.05) is 19.0 Å². The fourth-order valence-corrected chi connectivity index (χ4v) is 5.37. The minimum Gasteiger partial charge on any atom is -0.465 e. The number of para-hydroxylation sites is 1. The highest BCUT2D eigenvalue weighted by Gasteiger charge is 2.30. The third-order valence-electron chi connectivity index (χ3n) is 5.65. The van der Waals surface area contributed by atoms with Crippen molar-refractivity contribution in [3.05, 3.63) is 88.0 Å². The number of ether oxygens (including phenoxy) is 1. The summed E-state index contributed by atoms with van der Waals surface area (Å²) >= 11 is 1.43. The van der Waals surface area contributed by atoms with Gasteiger partial charge >= 0.3 is 5.97 Å². The van der Waals surface area contributed by atoms with Crippen LogP contribution >= 0.6 is 11.3 Å². The number of furan rings is 1. The quantitative estimate of drug-likeness (QED) is 0.432. The number of hydrogen-bond donors (Lipinski definition) is 1. The van der Waals surface area contributed by atoms with Gasteiger partial charge in [-0.15, -0.1) is 11.3 Å². The molecule has 0 aliphatic carbocycles. The zero-order chi connectivity index (χ0) is 22.1. The molecule has 6 nitrogen and oxygen atoms in total. The molecule has 0 bridgehead atoms. The van der Waals surface area contributed by atoms with Crippen molar-refractivity contribution in [2.24, 2.45) is 0 Å². The maximum atomic E-state index is 12.9. The summed E-state index contributed by atoms with van der Waals surface area (Å²) in [6.45, 7) is 2.39. The van der Waals surface area contributed by atoms with Crippen LogP contribution in [0.25, 0.3) is 11.0 Å². The molecule has 1 amide bonds. The zero-order valence-corrected chi connectivity index (χ0v) is 18.4. The zero-order valence-electron chi connectivity index (χ0n) is 17.6. The monoisotopic (exact) mass is 446 g/mol. The van der Waals surface area contributed by atoms with E-state index in [1.807, 2.05) is 42.5 Å². The van der Waals surface area contributed by atoms with Crippen LogP contribution in [0.5, 0.6) is 0 Å². The number of thiophene rings is 1. The van der Waals surface area contributed by atoms with Gasteiger partial charge in [0.15, 0.2) is 5.76 Å². The molecule has 5 rings (SSSR count). The third-order valence-corrected chi connectivity index (χ3v) is 6.78. The molecule has 2 aromatic heterocycles. The number of methoxy groups -OCH3 is 1. The first-order chi connectivity index (χ1) is 15.6. The fourth-order valence-electron chi connectivity index (χ4n) is 4.10. The normalized spacial score (nSPS) is 13.7. The van der Waals surface area contributed by atoms with Gasteiger partial charge < -0.3 is 14.5 Å². The van der Waals surface area contributed by atoms with Gasteiger partial charge in [0, 0.05) is 29.9 Å². The molecule has 1 aliphatic heterocycles. The second-order valence-electron chi connectivity index (χ2n) is 7.75. The second-order valence-corrected chi connectivity index (χ2v) is 8.85. The predicted octanol–water partition coefficient (Wildman–Crippen LogP) is 5.09. The predicted molar refractivity (Wildman–Crippen MR) is 124 cm³/mol. The number of anilines is 1. The maximum Gasteiger partial charge on any atom is 0.341 e. The van der Waals surface area contributed by atoms with Crippen LogP contribution in [0.3, 0.4) is 0 Å². The molecule has 4 aromatic rings. The Morgan fingerprint density at radius 2 is 1.91 bits per heavy atom. The molecule has 0 unspecified atom stereocenters. The summed E-state index contributed by atoms with van der Waals surface area (Å²) in [5.41, 5.74) is 3.31. The standard InChI is InChI=1S/C25H22N2O4S/c1-30-25(29)22-18-11-12-27(14-16-7-3-2-4-8-16)15-21(18)32-24(22)26-23(28)20-13-17-9-5-6-10-19(17)31-20/h2-10,13H,11-12,14-15H2,1H3,(H,26,28). The molecule has 7 heteroatoms. The maximum absolute atomic E-state index is 12.9. The van der Waals surface area contributed by atoms with E-state index in [1.54, 1.807) is 6.07 Å². The van der Waals surface area contributed by atoms with Crippen molar-refractivity contribution in [3.63, 3.8) is 0 Å². The molecule has 0 fully saturated rings. The molecule has 0 saturated carbocycles. The molecule has 162 valence electrons. The van der Waals surface area contributed by atoms with Crippen molar-refractivity contribution in [2.45, 2.75) is 19.5 Å². The summed E-state index contributed by atoms with van der Waals surface area (Å²) in [4.78, 5) is 28.9. The highest BCUT2D eigenvalue weighted by Crippen LogP contribution is 2.38. The lowest BCUT2D eigenvalue weighted by atomic mass is 10.0. The van der Waals surface area contributed by atoms with Crippen molar-refractivity contribution in [1.82, 2.24) is 4.90 Å². The molecular formula is C25H22N2O4S. The molecule has 1 N–H and O–H groups in total. The van der Waals surface area contributed by atoms with Gasteiger partial charge in [0.25, 0.3) is 5.91 Å². The summed E-state index contributed by atoms with van der Waals surface area (Å²) in [6, 6.07) is 19.5.